The monoisotopic (exact) mass is 828 g/mol. The summed E-state index contributed by atoms with van der Waals surface area (Å²) in [5.41, 5.74) is 2.88. The van der Waals surface area contributed by atoms with E-state index < -0.39 is 0 Å². The third-order valence-electron chi connectivity index (χ3n) is 9.73. The molecule has 7 rings (SSSR count). The molecule has 0 bridgehead atoms. The number of benzene rings is 2. The average Bonchev–Trinajstić information content (AvgIpc) is 4.01. The summed E-state index contributed by atoms with van der Waals surface area (Å²) in [6, 6.07) is 25.2. The van der Waals surface area contributed by atoms with Crippen LogP contribution in [0.1, 0.15) is 162 Å². The van der Waals surface area contributed by atoms with E-state index in [1.807, 2.05) is 30.4 Å². The van der Waals surface area contributed by atoms with Crippen molar-refractivity contribution in [1.29, 1.82) is 0 Å². The van der Waals surface area contributed by atoms with Crippen LogP contribution in [0.15, 0.2) is 94.2 Å². The van der Waals surface area contributed by atoms with Crippen molar-refractivity contribution in [2.45, 2.75) is 170 Å². The van der Waals surface area contributed by atoms with Crippen LogP contribution in [0.5, 0.6) is 0 Å². The van der Waals surface area contributed by atoms with E-state index in [-0.39, 0.29) is 31.9 Å². The molecule has 5 aromatic rings. The molecule has 2 aliphatic carbocycles. The second-order valence-electron chi connectivity index (χ2n) is 15.0. The number of aryl methyl sites for hydroxylation is 5. The Morgan fingerprint density at radius 1 is 0.582 bits per heavy atom. The van der Waals surface area contributed by atoms with Crippen LogP contribution in [-0.4, -0.2) is 0 Å². The van der Waals surface area contributed by atoms with Gasteiger partial charge in [-0.25, -0.2) is 0 Å². The van der Waals surface area contributed by atoms with E-state index in [4.69, 9.17) is 4.42 Å². The Balaban J connectivity index is 0. The molecule has 2 fully saturated rings. The van der Waals surface area contributed by atoms with Gasteiger partial charge in [0.1, 0.15) is 5.76 Å². The van der Waals surface area contributed by atoms with Gasteiger partial charge in [0, 0.05) is 9.75 Å². The van der Waals surface area contributed by atoms with E-state index in [0.29, 0.717) is 0 Å². The first kappa shape index (κ1) is 55.0. The quantitative estimate of drug-likeness (QED) is 0.0734. The van der Waals surface area contributed by atoms with Gasteiger partial charge in [0.05, 0.1) is 6.26 Å². The standard InChI is InChI=1S/C17H30S.C11H10.C6H12.C5H6O.C5H6S.C5H10.2CH3.Fe/c1-3-4-5-6-7-8-9-10-11-12-13-17-14-16(2)18-15-17;1-9-6-7-10-4-2-3-5-11(10)8-9;1-6-4-2-3-5-6;2*1-5-3-2-4-6-5;1-2-4-5-3-1;;;/h14-15H,3-13H2,1-2H3;2-8H,1H3;6H,2-5H2,1H3;2*2-4H,1H3;1-5H2;2*1H3;/q;;;;;;2*-1;+2. The second kappa shape index (κ2) is 37.5. The van der Waals surface area contributed by atoms with Crippen molar-refractivity contribution >= 4 is 33.4 Å². The Bertz CT molecular complexity index is 1420. The van der Waals surface area contributed by atoms with Crippen LogP contribution in [0.25, 0.3) is 10.8 Å². The van der Waals surface area contributed by atoms with Gasteiger partial charge in [-0.2, -0.15) is 0 Å². The molecule has 0 aliphatic heterocycles. The van der Waals surface area contributed by atoms with Gasteiger partial charge in [-0.1, -0.05) is 184 Å². The summed E-state index contributed by atoms with van der Waals surface area (Å²) in [5, 5.41) is 7.05. The molecular weight excluding hydrogens is 749 g/mol. The fourth-order valence-electron chi connectivity index (χ4n) is 6.49. The molecule has 0 saturated heterocycles. The zero-order chi connectivity index (χ0) is 37.5. The van der Waals surface area contributed by atoms with Crippen molar-refractivity contribution in [3.8, 4) is 0 Å². The number of fused-ring (bicyclic) bond motifs is 1. The van der Waals surface area contributed by atoms with E-state index in [1.165, 1.54) is 155 Å². The van der Waals surface area contributed by atoms with Crippen molar-refractivity contribution < 1.29 is 21.5 Å². The van der Waals surface area contributed by atoms with Crippen LogP contribution in [0.3, 0.4) is 0 Å². The van der Waals surface area contributed by atoms with Gasteiger partial charge in [0.15, 0.2) is 0 Å². The largest absolute Gasteiger partial charge is 2.00 e. The van der Waals surface area contributed by atoms with Crippen LogP contribution in [0.4, 0.5) is 0 Å². The molecule has 2 aromatic carbocycles. The Kier molecular flexibility index (Phi) is 37.5. The van der Waals surface area contributed by atoms with Crippen LogP contribution in [0, 0.1) is 48.5 Å². The first-order valence-electron chi connectivity index (χ1n) is 20.9. The maximum absolute atomic E-state index is 4.83. The fraction of sp³-hybridized carbons (Fsp3) is 0.529. The van der Waals surface area contributed by atoms with Crippen molar-refractivity contribution in [2.75, 3.05) is 0 Å². The van der Waals surface area contributed by atoms with Gasteiger partial charge < -0.3 is 19.3 Å². The van der Waals surface area contributed by atoms with Crippen LogP contribution < -0.4 is 0 Å². The minimum Gasteiger partial charge on any atom is -0.470 e. The number of furan rings is 1. The summed E-state index contributed by atoms with van der Waals surface area (Å²) in [5.74, 6) is 2.01. The minimum atomic E-state index is 0. The molecule has 0 spiro atoms. The number of thiophene rings is 2. The third-order valence-corrected chi connectivity index (χ3v) is 11.4. The Morgan fingerprint density at radius 2 is 1.16 bits per heavy atom. The zero-order valence-electron chi connectivity index (χ0n) is 36.5. The molecule has 0 N–H and O–H groups in total. The van der Waals surface area contributed by atoms with Crippen molar-refractivity contribution in [2.24, 2.45) is 5.92 Å². The molecule has 1 nitrogen and oxygen atoms in total. The van der Waals surface area contributed by atoms with Gasteiger partial charge in [-0.05, 0) is 97.8 Å². The van der Waals surface area contributed by atoms with Crippen molar-refractivity contribution in [3.05, 3.63) is 131 Å². The Hall–Kier alpha value is -2.10. The van der Waals surface area contributed by atoms with E-state index in [1.54, 1.807) is 23.2 Å². The molecule has 0 atom stereocenters. The predicted molar refractivity (Wildman–Crippen MR) is 249 cm³/mol. The van der Waals surface area contributed by atoms with Crippen LogP contribution >= 0.6 is 22.7 Å². The maximum atomic E-state index is 4.83. The normalized spacial score (nSPS) is 12.5. The zero-order valence-corrected chi connectivity index (χ0v) is 39.2. The topological polar surface area (TPSA) is 13.1 Å². The molecule has 0 amide bonds. The Labute approximate surface area is 360 Å². The van der Waals surface area contributed by atoms with Gasteiger partial charge in [-0.15, -0.1) is 22.7 Å². The summed E-state index contributed by atoms with van der Waals surface area (Å²) in [6.45, 7) is 13.0. The number of hydrogen-bond acceptors (Lipinski definition) is 3. The predicted octanol–water partition coefficient (Wildman–Crippen LogP) is 18.4. The van der Waals surface area contributed by atoms with Gasteiger partial charge >= 0.3 is 17.1 Å². The first-order valence-corrected chi connectivity index (χ1v) is 22.6. The van der Waals surface area contributed by atoms with E-state index >= 15 is 0 Å². The molecule has 0 radical (unpaired) electrons. The van der Waals surface area contributed by atoms with Gasteiger partial charge in [-0.3, -0.25) is 0 Å². The van der Waals surface area contributed by atoms with E-state index in [2.05, 4.69) is 106 Å². The summed E-state index contributed by atoms with van der Waals surface area (Å²) in [4.78, 5) is 2.84. The molecule has 3 heterocycles. The van der Waals surface area contributed by atoms with E-state index in [9.17, 15) is 0 Å². The van der Waals surface area contributed by atoms with Gasteiger partial charge in [0.2, 0.25) is 0 Å². The first-order chi connectivity index (χ1) is 25.4. The molecule has 0 unspecified atom stereocenters. The number of rotatable bonds is 11. The van der Waals surface area contributed by atoms with Crippen molar-refractivity contribution in [3.63, 3.8) is 0 Å². The van der Waals surface area contributed by atoms with Gasteiger partial charge in [0.25, 0.3) is 0 Å². The maximum Gasteiger partial charge on any atom is 2.00 e. The molecule has 2 saturated carbocycles. The smallest absolute Gasteiger partial charge is 0.470 e. The minimum absolute atomic E-state index is 0. The summed E-state index contributed by atoms with van der Waals surface area (Å²) < 4.78 is 4.83. The van der Waals surface area contributed by atoms with E-state index in [0.717, 1.165) is 11.7 Å². The SMILES string of the molecule is C1CCCC1.CC1CCCC1.CCCCCCCCCCCCc1csc(C)c1.Cc1ccc2ccccc2c1.Cc1ccco1.Cc1cccs1.[CH3-].[CH3-].[Fe+2]. The number of hydrogen-bond donors (Lipinski definition) is 0. The summed E-state index contributed by atoms with van der Waals surface area (Å²) >= 11 is 3.66. The third kappa shape index (κ3) is 30.7. The summed E-state index contributed by atoms with van der Waals surface area (Å²) in [6.07, 6.45) is 30.7. The summed E-state index contributed by atoms with van der Waals surface area (Å²) in [7, 11) is 0. The Morgan fingerprint density at radius 3 is 1.56 bits per heavy atom. The van der Waals surface area contributed by atoms with Crippen molar-refractivity contribution in [1.82, 2.24) is 0 Å². The van der Waals surface area contributed by atoms with Crippen LogP contribution in [-0.2, 0) is 23.5 Å². The molecule has 55 heavy (non-hydrogen) atoms. The van der Waals surface area contributed by atoms with Crippen LogP contribution in [0.2, 0.25) is 0 Å². The molecule has 2 aliphatic rings. The molecule has 310 valence electrons. The fourth-order valence-corrected chi connectivity index (χ4v) is 7.76. The molecular formula is C51H80FeOS2. The molecule has 4 heteroatoms. The second-order valence-corrected chi connectivity index (χ2v) is 17.2. The number of unbranched alkanes of at least 4 members (excludes halogenated alkanes) is 9. The average molecular weight is 829 g/mol. The molecule has 3 aromatic heterocycles.